The van der Waals surface area contributed by atoms with Crippen LogP contribution in [0, 0.1) is 29.7 Å². The molecule has 2 heterocycles. The van der Waals surface area contributed by atoms with Crippen LogP contribution in [-0.4, -0.2) is 241 Å². The predicted octanol–water partition coefficient (Wildman–Crippen LogP) is 17.3. The molecule has 6 rings (SSSR count). The van der Waals surface area contributed by atoms with Gasteiger partial charge in [0.15, 0.2) is 0 Å². The summed E-state index contributed by atoms with van der Waals surface area (Å²) < 4.78 is 27.8. The molecule has 2 aromatic carbocycles. The Morgan fingerprint density at radius 1 is 0.463 bits per heavy atom. The number of aliphatic hydroxyl groups excluding tert-OH is 2. The van der Waals surface area contributed by atoms with E-state index in [-0.39, 0.29) is 66.9 Å². The van der Waals surface area contributed by atoms with Crippen LogP contribution < -0.4 is 16.8 Å². The first-order valence-electron chi connectivity index (χ1n) is 28.3. The lowest BCUT2D eigenvalue weighted by Gasteiger charge is -2.04. The van der Waals surface area contributed by atoms with Crippen LogP contribution in [0.3, 0.4) is 0 Å². The Labute approximate surface area is 717 Å². The van der Waals surface area contributed by atoms with Gasteiger partial charge in [-0.15, -0.1) is 0 Å². The lowest BCUT2D eigenvalue weighted by Crippen LogP contribution is -2.18. The van der Waals surface area contributed by atoms with Crippen LogP contribution in [0.1, 0.15) is 24.5 Å². The Morgan fingerprint density at radius 3 is 0.907 bits per heavy atom. The Bertz CT molecular complexity index is 2190. The Hall–Kier alpha value is -3.40. The van der Waals surface area contributed by atoms with E-state index in [1.807, 2.05) is 196 Å². The minimum atomic E-state index is -0.655. The van der Waals surface area contributed by atoms with Crippen LogP contribution in [0.5, 0.6) is 0 Å². The van der Waals surface area contributed by atoms with E-state index < -0.39 is 18.4 Å². The first kappa shape index (κ1) is 150. The number of hydrogen-bond acceptors (Lipinski definition) is 38. The fourth-order valence-corrected chi connectivity index (χ4v) is 8.57. The number of carbonyl (C=O) groups excluding carboxylic acids is 12. The number of thiocarbonyl (C=S) groups is 2. The number of alkyl carbamates (subject to hydrolysis) is 1. The fourth-order valence-electron chi connectivity index (χ4n) is 3.55. The van der Waals surface area contributed by atoms with Gasteiger partial charge in [-0.25, -0.2) is 14.4 Å². The van der Waals surface area contributed by atoms with Gasteiger partial charge in [-0.2, -0.15) is 109 Å². The minimum absolute atomic E-state index is 0. The quantitative estimate of drug-likeness (QED) is 0.0187. The van der Waals surface area contributed by atoms with E-state index in [0.717, 1.165) is 57.7 Å². The van der Waals surface area contributed by atoms with Crippen LogP contribution in [0.25, 0.3) is 0 Å². The maximum Gasteiger partial charge on any atom is 0.508 e. The largest absolute Gasteiger partial charge is 0.508 e. The highest BCUT2D eigenvalue weighted by molar-refractivity contribution is 8.77. The number of nitrogens with one attached hydrogen (secondary N) is 1. The van der Waals surface area contributed by atoms with Gasteiger partial charge in [-0.3, -0.25) is 4.79 Å². The van der Waals surface area contributed by atoms with Gasteiger partial charge in [-0.1, -0.05) is 179 Å². The average molecular weight is 1830 g/mol. The molecule has 632 valence electrons. The SMILES string of the molecule is C1CS1.C1CS1.C=C1C=CC(=S)C=C1.C=C1C=CC(=S)C=C1.CCC(=O)OCCSSC.CN.CN.CNC(=O)OCc1ccc(SSC)cc1.CO.CO.COC(=O)OCCSSC.COC(=O)OCc1ccc(SSC)cc1.CSC.CSC.CSC.CSC.O=C=O.O=C=O.O=C=O.O=C=O.[CH3-].[CH3-].[CH3-].[CH3-]. The van der Waals surface area contributed by atoms with E-state index in [4.69, 9.17) is 87.2 Å². The van der Waals surface area contributed by atoms with Crippen LogP contribution in [0.15, 0.2) is 131 Å². The fraction of sp³-hybridized carbons (Fsp3) is 0.449. The summed E-state index contributed by atoms with van der Waals surface area (Å²) in [5, 5.41) is 16.4. The number of carbonyl (C=O) groups is 4. The van der Waals surface area contributed by atoms with Crippen LogP contribution in [-0.2, 0) is 84.8 Å². The van der Waals surface area contributed by atoms with Crippen molar-refractivity contribution in [3.63, 3.8) is 0 Å². The molecule has 1 amide bonds. The third-order valence-electron chi connectivity index (χ3n) is 7.07. The van der Waals surface area contributed by atoms with Crippen molar-refractivity contribution in [1.29, 1.82) is 0 Å². The number of hydrogen-bond donors (Lipinski definition) is 5. The monoisotopic (exact) mass is 1820 g/mol. The number of rotatable bonds is 17. The number of ether oxygens (including phenoxy) is 6. The molecule has 2 aromatic rings. The topological polar surface area (TPSA) is 365 Å². The molecule has 2 saturated heterocycles. The van der Waals surface area contributed by atoms with Gasteiger partial charge in [0.05, 0.1) is 14.2 Å². The summed E-state index contributed by atoms with van der Waals surface area (Å²) in [6.07, 6.45) is 39.3. The molecular weight excluding hydrogens is 1700 g/mol. The van der Waals surface area contributed by atoms with E-state index in [0.29, 0.717) is 26.2 Å². The van der Waals surface area contributed by atoms with E-state index in [1.54, 1.807) is 147 Å². The summed E-state index contributed by atoms with van der Waals surface area (Å²) in [6.45, 7) is 10.7. The molecule has 0 unspecified atom stereocenters. The summed E-state index contributed by atoms with van der Waals surface area (Å²) in [7, 11) is 22.6. The zero-order chi connectivity index (χ0) is 83.7. The van der Waals surface area contributed by atoms with Crippen molar-refractivity contribution in [1.82, 2.24) is 5.32 Å². The van der Waals surface area contributed by atoms with Crippen LogP contribution >= 0.6 is 181 Å². The van der Waals surface area contributed by atoms with Crippen molar-refractivity contribution < 1.29 is 96.2 Å². The van der Waals surface area contributed by atoms with E-state index in [2.05, 4.69) is 44.2 Å². The third-order valence-corrected chi connectivity index (χ3v) is 15.4. The molecule has 0 radical (unpaired) electrons. The molecule has 7 N–H and O–H groups in total. The number of esters is 1. The Morgan fingerprint density at radius 2 is 0.704 bits per heavy atom. The molecule has 2 aliphatic carbocycles. The van der Waals surface area contributed by atoms with Crippen molar-refractivity contribution in [2.45, 2.75) is 36.3 Å². The van der Waals surface area contributed by atoms with Crippen LogP contribution in [0.2, 0.25) is 0 Å². The first-order chi connectivity index (χ1) is 50.0. The normalized spacial score (nSPS) is 9.52. The summed E-state index contributed by atoms with van der Waals surface area (Å²) in [5.74, 6) is 7.24. The second kappa shape index (κ2) is 152. The maximum atomic E-state index is 10.8. The minimum Gasteiger partial charge on any atom is -0.465 e. The standard InChI is InChI=1S/C10H13NO2S2.C10H12O3S2.2C7H6S.C6H12O2S2.C5H10O3S2.2C2H4S.4C2H6S.2CH5N.4CO2.2CH4O.4CH3/c1-11-10(12)13-7-8-3-5-9(6-4-8)15-14-2;1-12-10(11)13-7-8-3-5-9(6-4-8)15-14-2;2*1-6-2-4-7(8)5-3-6;1-3-6(7)8-4-5-10-9-2;1-7-5(6)8-3-4-10-9-2;2*1-2-3-1;4*1-3-2;2*1-2;4*2-1-3;2*1-2;;;;/h3-6H,7H2,1-2H3,(H,11,12);3-6H,7H2,1-2H3;2*2-5H,1H2;3-5H2,1-2H3;3-4H2,1-2H3;2*1-2H2;4*1-2H3;2*2H2,1H3;;;;;2*2H,1H3;4*1H3/q;;;;;;;;;;;;;;;;;;;;4*-1. The highest BCUT2D eigenvalue weighted by Crippen LogP contribution is 2.29. The summed E-state index contributed by atoms with van der Waals surface area (Å²) >= 11 is 20.7. The highest BCUT2D eigenvalue weighted by atomic mass is 33.1. The van der Waals surface area contributed by atoms with Crippen molar-refractivity contribution in [2.75, 3.05) is 172 Å². The molecule has 4 aliphatic rings. The molecule has 2 aliphatic heterocycles. The van der Waals surface area contributed by atoms with Gasteiger partial charge in [0.1, 0.15) is 26.4 Å². The first-order valence-corrected chi connectivity index (χ1v) is 48.5. The molecule has 0 atom stereocenters. The van der Waals surface area contributed by atoms with Gasteiger partial charge >= 0.3 is 49.0 Å². The van der Waals surface area contributed by atoms with Crippen molar-refractivity contribution >= 4 is 240 Å². The van der Waals surface area contributed by atoms with E-state index in [1.165, 1.54) is 61.1 Å². The van der Waals surface area contributed by atoms with Gasteiger partial charge in [0.2, 0.25) is 0 Å². The van der Waals surface area contributed by atoms with Crippen molar-refractivity contribution in [3.8, 4) is 0 Å². The van der Waals surface area contributed by atoms with Crippen molar-refractivity contribution in [2.24, 2.45) is 11.5 Å². The number of nitrogens with two attached hydrogens (primary N) is 2. The Kier molecular flexibility index (Phi) is 211. The van der Waals surface area contributed by atoms with E-state index >= 15 is 0 Å². The second-order valence-corrected chi connectivity index (χ2v) is 31.7. The Balaban J connectivity index is -0.0000000514. The average Bonchev–Trinajstić information content (AvgIpc) is 1.01. The zero-order valence-corrected chi connectivity index (χ0v) is 79.9. The van der Waals surface area contributed by atoms with Gasteiger partial charge in [-0.05, 0) is 160 Å². The molecule has 0 bridgehead atoms. The van der Waals surface area contributed by atoms with Gasteiger partial charge < -0.3 is 85.1 Å². The number of benzene rings is 2. The molecule has 0 saturated carbocycles. The number of methoxy groups -OCH3 is 2. The number of aliphatic hydroxyl groups is 2. The summed E-state index contributed by atoms with van der Waals surface area (Å²) in [6, 6.07) is 15.8. The molecular formula is C69H121N3O20S16-4. The smallest absolute Gasteiger partial charge is 0.465 e. The molecule has 2 fully saturated rings. The summed E-state index contributed by atoms with van der Waals surface area (Å²) in [4.78, 5) is 111. The number of amides is 1. The summed E-state index contributed by atoms with van der Waals surface area (Å²) in [5.41, 5.74) is 13.0. The van der Waals surface area contributed by atoms with Gasteiger partial charge in [0, 0.05) is 81.7 Å². The molecule has 0 spiro atoms. The van der Waals surface area contributed by atoms with Gasteiger partial charge in [0.25, 0.3) is 0 Å². The zero-order valence-electron chi connectivity index (χ0n) is 66.9. The molecule has 39 heteroatoms. The predicted molar refractivity (Wildman–Crippen MR) is 494 cm³/mol. The molecule has 0 aromatic heterocycles. The third kappa shape index (κ3) is 190. The maximum absolute atomic E-state index is 10.8. The molecule has 108 heavy (non-hydrogen) atoms. The highest BCUT2D eigenvalue weighted by Gasteiger charge is 2.03. The van der Waals surface area contributed by atoms with E-state index in [9.17, 15) is 19.2 Å². The lowest BCUT2D eigenvalue weighted by atomic mass is 10.1. The lowest BCUT2D eigenvalue weighted by molar-refractivity contribution is -0.193. The second-order valence-electron chi connectivity index (χ2n) is 14.7. The van der Waals surface area contributed by atoms with Crippen molar-refractivity contribution in [3.05, 3.63) is 162 Å². The number of allylic oxidation sites excluding steroid dienone is 10. The number of thioether (sulfide) groups is 6. The molecule has 23 nitrogen and oxygen atoms in total. The van der Waals surface area contributed by atoms with Crippen LogP contribution in [0.4, 0.5) is 14.4 Å².